The van der Waals surface area contributed by atoms with Crippen molar-refractivity contribution < 1.29 is 5.11 Å². The van der Waals surface area contributed by atoms with Crippen LogP contribution in [0.4, 0.5) is 5.95 Å². The van der Waals surface area contributed by atoms with Crippen molar-refractivity contribution in [3.8, 4) is 0 Å². The summed E-state index contributed by atoms with van der Waals surface area (Å²) in [5.41, 5.74) is 2.75. The van der Waals surface area contributed by atoms with Crippen LogP contribution in [0.15, 0.2) is 36.7 Å². The smallest absolute Gasteiger partial charge is 0.222 e. The summed E-state index contributed by atoms with van der Waals surface area (Å²) in [5.74, 6) is 1.52. The summed E-state index contributed by atoms with van der Waals surface area (Å²) in [6.45, 7) is 4.92. The first-order chi connectivity index (χ1) is 12.6. The van der Waals surface area contributed by atoms with Gasteiger partial charge in [-0.15, -0.1) is 0 Å². The molecule has 1 saturated carbocycles. The standard InChI is InChI=1S/C21H28N4O/c1-15-5-7-18(8-6-15)21(26)9-3-4-17-13-25(14-19(17)21)12-16-10-23-20(22-2)24-11-16/h5-8,10-11,17,19,26H,3-4,9,12-14H2,1-2H3,(H,22,23,24)/t17-,19-,21+/m0/s1. The number of benzene rings is 1. The Bertz CT molecular complexity index is 746. The first kappa shape index (κ1) is 17.4. The average Bonchev–Trinajstić information content (AvgIpc) is 3.07. The Morgan fingerprint density at radius 1 is 1.19 bits per heavy atom. The third-order valence-corrected chi connectivity index (χ3v) is 6.15. The van der Waals surface area contributed by atoms with Crippen molar-refractivity contribution in [2.24, 2.45) is 11.8 Å². The maximum atomic E-state index is 11.6. The van der Waals surface area contributed by atoms with E-state index in [2.05, 4.69) is 51.4 Å². The van der Waals surface area contributed by atoms with Gasteiger partial charge in [-0.1, -0.05) is 29.8 Å². The minimum atomic E-state index is -0.697. The topological polar surface area (TPSA) is 61.3 Å². The zero-order valence-corrected chi connectivity index (χ0v) is 15.7. The van der Waals surface area contributed by atoms with Crippen molar-refractivity contribution in [2.75, 3.05) is 25.5 Å². The number of fused-ring (bicyclic) bond motifs is 1. The highest BCUT2D eigenvalue weighted by Crippen LogP contribution is 2.48. The molecule has 2 N–H and O–H groups in total. The van der Waals surface area contributed by atoms with Gasteiger partial charge in [-0.25, -0.2) is 9.97 Å². The number of likely N-dealkylation sites (tertiary alicyclic amines) is 1. The molecule has 2 aromatic rings. The zero-order valence-electron chi connectivity index (χ0n) is 15.7. The molecule has 2 heterocycles. The van der Waals surface area contributed by atoms with Crippen LogP contribution in [0.2, 0.25) is 0 Å². The molecule has 1 aromatic heterocycles. The lowest BCUT2D eigenvalue weighted by atomic mass is 9.67. The second-order valence-corrected chi connectivity index (χ2v) is 7.91. The highest BCUT2D eigenvalue weighted by Gasteiger charge is 2.49. The fourth-order valence-electron chi connectivity index (χ4n) is 4.77. The minimum Gasteiger partial charge on any atom is -0.385 e. The minimum absolute atomic E-state index is 0.302. The summed E-state index contributed by atoms with van der Waals surface area (Å²) in [7, 11) is 1.83. The average molecular weight is 352 g/mol. The third kappa shape index (κ3) is 3.21. The summed E-state index contributed by atoms with van der Waals surface area (Å²) >= 11 is 0. The number of aromatic nitrogens is 2. The molecule has 0 radical (unpaired) electrons. The SMILES string of the molecule is CNc1ncc(CN2C[C@@H]3CCC[C@@](O)(c4ccc(C)cc4)[C@H]3C2)cn1. The highest BCUT2D eigenvalue weighted by molar-refractivity contribution is 5.29. The van der Waals surface area contributed by atoms with Crippen LogP contribution in [0.5, 0.6) is 0 Å². The fourth-order valence-corrected chi connectivity index (χ4v) is 4.77. The molecule has 4 rings (SSSR count). The Kier molecular flexibility index (Phi) is 4.67. The Labute approximate surface area is 155 Å². The molecule has 5 heteroatoms. The molecule has 1 aliphatic carbocycles. The second-order valence-electron chi connectivity index (χ2n) is 7.91. The molecule has 3 atom stereocenters. The van der Waals surface area contributed by atoms with E-state index in [1.807, 2.05) is 19.4 Å². The molecule has 0 amide bonds. The van der Waals surface area contributed by atoms with Crippen LogP contribution in [0.25, 0.3) is 0 Å². The summed E-state index contributed by atoms with van der Waals surface area (Å²) in [6, 6.07) is 8.46. The first-order valence-electron chi connectivity index (χ1n) is 9.59. The summed E-state index contributed by atoms with van der Waals surface area (Å²) in [5, 5.41) is 14.5. The van der Waals surface area contributed by atoms with Crippen LogP contribution in [-0.2, 0) is 12.1 Å². The number of aliphatic hydroxyl groups is 1. The number of anilines is 1. The van der Waals surface area contributed by atoms with Crippen LogP contribution in [0.1, 0.15) is 36.0 Å². The van der Waals surface area contributed by atoms with Gasteiger partial charge in [-0.05, 0) is 37.7 Å². The van der Waals surface area contributed by atoms with E-state index in [1.54, 1.807) is 0 Å². The van der Waals surface area contributed by atoms with Gasteiger partial charge in [0.1, 0.15) is 0 Å². The lowest BCUT2D eigenvalue weighted by Gasteiger charge is -2.41. The molecule has 0 bridgehead atoms. The van der Waals surface area contributed by atoms with Gasteiger partial charge in [0, 0.05) is 50.6 Å². The molecule has 2 fully saturated rings. The Morgan fingerprint density at radius 2 is 1.92 bits per heavy atom. The fraction of sp³-hybridized carbons (Fsp3) is 0.524. The Morgan fingerprint density at radius 3 is 2.62 bits per heavy atom. The first-order valence-corrected chi connectivity index (χ1v) is 9.59. The number of hydrogen-bond donors (Lipinski definition) is 2. The monoisotopic (exact) mass is 352 g/mol. The molecule has 1 saturated heterocycles. The Balaban J connectivity index is 1.51. The number of hydrogen-bond acceptors (Lipinski definition) is 5. The molecule has 26 heavy (non-hydrogen) atoms. The maximum absolute atomic E-state index is 11.6. The Hall–Kier alpha value is -1.98. The lowest BCUT2D eigenvalue weighted by molar-refractivity contribution is -0.0648. The van der Waals surface area contributed by atoms with Crippen LogP contribution in [0.3, 0.4) is 0 Å². The molecule has 1 aromatic carbocycles. The van der Waals surface area contributed by atoms with Gasteiger partial charge < -0.3 is 10.4 Å². The van der Waals surface area contributed by atoms with E-state index >= 15 is 0 Å². The predicted octanol–water partition coefficient (Wildman–Crippen LogP) is 2.95. The zero-order chi connectivity index (χ0) is 18.1. The second kappa shape index (κ2) is 6.97. The van der Waals surface area contributed by atoms with Crippen molar-refractivity contribution in [3.63, 3.8) is 0 Å². The van der Waals surface area contributed by atoms with Crippen molar-refractivity contribution in [2.45, 2.75) is 38.3 Å². The van der Waals surface area contributed by atoms with E-state index in [0.29, 0.717) is 17.8 Å². The van der Waals surface area contributed by atoms with Crippen molar-refractivity contribution >= 4 is 5.95 Å². The van der Waals surface area contributed by atoms with Crippen molar-refractivity contribution in [1.29, 1.82) is 0 Å². The van der Waals surface area contributed by atoms with Gasteiger partial charge >= 0.3 is 0 Å². The largest absolute Gasteiger partial charge is 0.385 e. The van der Waals surface area contributed by atoms with E-state index in [9.17, 15) is 5.11 Å². The molecule has 2 aliphatic rings. The predicted molar refractivity (Wildman–Crippen MR) is 103 cm³/mol. The molecular weight excluding hydrogens is 324 g/mol. The maximum Gasteiger partial charge on any atom is 0.222 e. The van der Waals surface area contributed by atoms with Crippen LogP contribution in [-0.4, -0.2) is 40.1 Å². The van der Waals surface area contributed by atoms with Gasteiger partial charge in [-0.2, -0.15) is 0 Å². The summed E-state index contributed by atoms with van der Waals surface area (Å²) < 4.78 is 0. The van der Waals surface area contributed by atoms with E-state index < -0.39 is 5.60 Å². The highest BCUT2D eigenvalue weighted by atomic mass is 16.3. The van der Waals surface area contributed by atoms with Gasteiger partial charge in [0.15, 0.2) is 0 Å². The van der Waals surface area contributed by atoms with E-state index in [4.69, 9.17) is 0 Å². The van der Waals surface area contributed by atoms with Gasteiger partial charge in [0.2, 0.25) is 5.95 Å². The molecule has 5 nitrogen and oxygen atoms in total. The summed E-state index contributed by atoms with van der Waals surface area (Å²) in [4.78, 5) is 11.1. The van der Waals surface area contributed by atoms with Crippen LogP contribution in [0, 0.1) is 18.8 Å². The van der Waals surface area contributed by atoms with E-state index in [-0.39, 0.29) is 0 Å². The van der Waals surface area contributed by atoms with Gasteiger partial charge in [0.05, 0.1) is 5.60 Å². The number of rotatable bonds is 4. The van der Waals surface area contributed by atoms with Gasteiger partial charge in [-0.3, -0.25) is 4.90 Å². The lowest BCUT2D eigenvalue weighted by Crippen LogP contribution is -2.42. The van der Waals surface area contributed by atoms with Gasteiger partial charge in [0.25, 0.3) is 0 Å². The van der Waals surface area contributed by atoms with Crippen molar-refractivity contribution in [1.82, 2.24) is 14.9 Å². The van der Waals surface area contributed by atoms with Crippen molar-refractivity contribution in [3.05, 3.63) is 53.3 Å². The molecule has 0 spiro atoms. The molecule has 1 aliphatic heterocycles. The van der Waals surface area contributed by atoms with E-state index in [1.165, 1.54) is 12.0 Å². The normalized spacial score (nSPS) is 28.7. The van der Waals surface area contributed by atoms with E-state index in [0.717, 1.165) is 43.6 Å². The molecular formula is C21H28N4O. The van der Waals surface area contributed by atoms with Crippen LogP contribution >= 0.6 is 0 Å². The third-order valence-electron chi connectivity index (χ3n) is 6.15. The molecule has 138 valence electrons. The number of aryl methyl sites for hydroxylation is 1. The number of nitrogens with one attached hydrogen (secondary N) is 1. The van der Waals surface area contributed by atoms with Crippen LogP contribution < -0.4 is 5.32 Å². The summed E-state index contributed by atoms with van der Waals surface area (Å²) in [6.07, 6.45) is 6.97. The number of nitrogens with zero attached hydrogens (tertiary/aromatic N) is 3. The molecule has 0 unspecified atom stereocenters. The quantitative estimate of drug-likeness (QED) is 0.886.